The van der Waals surface area contributed by atoms with Gasteiger partial charge in [-0.2, -0.15) is 4.31 Å². The van der Waals surface area contributed by atoms with Crippen molar-refractivity contribution in [1.29, 1.82) is 0 Å². The lowest BCUT2D eigenvalue weighted by atomic mass is 9.98. The third-order valence-electron chi connectivity index (χ3n) is 4.92. The monoisotopic (exact) mass is 383 g/mol. The molecule has 1 unspecified atom stereocenters. The first-order chi connectivity index (χ1) is 12.5. The Morgan fingerprint density at radius 2 is 1.88 bits per heavy atom. The van der Waals surface area contributed by atoms with E-state index in [0.29, 0.717) is 38.3 Å². The van der Waals surface area contributed by atoms with Crippen LogP contribution in [0.3, 0.4) is 0 Å². The van der Waals surface area contributed by atoms with Crippen molar-refractivity contribution in [1.82, 2.24) is 4.31 Å². The number of carbonyl (C=O) groups excluding carboxylic acids is 1. The van der Waals surface area contributed by atoms with E-state index >= 15 is 0 Å². The van der Waals surface area contributed by atoms with Gasteiger partial charge in [0.25, 0.3) is 0 Å². The van der Waals surface area contributed by atoms with Crippen LogP contribution in [-0.2, 0) is 24.3 Å². The minimum Gasteiger partial charge on any atom is -0.497 e. The Kier molecular flexibility index (Phi) is 6.16. The number of hydrogen-bond donors (Lipinski definition) is 0. The van der Waals surface area contributed by atoms with E-state index in [1.807, 2.05) is 0 Å². The predicted molar refractivity (Wildman–Crippen MR) is 94.4 cm³/mol. The van der Waals surface area contributed by atoms with Crippen LogP contribution in [0.2, 0.25) is 0 Å². The molecule has 8 heteroatoms. The van der Waals surface area contributed by atoms with Crippen LogP contribution in [0, 0.1) is 5.92 Å². The van der Waals surface area contributed by atoms with Crippen molar-refractivity contribution in [2.75, 3.05) is 33.4 Å². The van der Waals surface area contributed by atoms with Crippen molar-refractivity contribution in [3.05, 3.63) is 24.3 Å². The fraction of sp³-hybridized carbons (Fsp3) is 0.611. The smallest absolute Gasteiger partial charge is 0.309 e. The van der Waals surface area contributed by atoms with Crippen LogP contribution in [-0.4, -0.2) is 58.2 Å². The number of nitrogens with zero attached hydrogens (tertiary/aromatic N) is 1. The van der Waals surface area contributed by atoms with Crippen molar-refractivity contribution in [3.8, 4) is 5.75 Å². The lowest BCUT2D eigenvalue weighted by molar-refractivity contribution is -0.153. The van der Waals surface area contributed by atoms with Crippen molar-refractivity contribution < 1.29 is 27.4 Å². The Morgan fingerprint density at radius 3 is 2.46 bits per heavy atom. The van der Waals surface area contributed by atoms with E-state index in [4.69, 9.17) is 14.2 Å². The second kappa shape index (κ2) is 8.37. The zero-order valence-corrected chi connectivity index (χ0v) is 15.7. The normalized spacial score (nSPS) is 22.3. The van der Waals surface area contributed by atoms with E-state index in [1.165, 1.54) is 23.5 Å². The minimum absolute atomic E-state index is 0.00879. The van der Waals surface area contributed by atoms with Crippen molar-refractivity contribution in [2.45, 2.75) is 36.7 Å². The first-order valence-electron chi connectivity index (χ1n) is 8.93. The first kappa shape index (κ1) is 19.1. The first-order valence-corrected chi connectivity index (χ1v) is 10.4. The summed E-state index contributed by atoms with van der Waals surface area (Å²) in [6, 6.07) is 6.33. The van der Waals surface area contributed by atoms with Gasteiger partial charge in [-0.25, -0.2) is 8.42 Å². The van der Waals surface area contributed by atoms with E-state index < -0.39 is 10.0 Å². The highest BCUT2D eigenvalue weighted by Gasteiger charge is 2.33. The Balaban J connectivity index is 1.52. The van der Waals surface area contributed by atoms with Gasteiger partial charge in [0, 0.05) is 19.7 Å². The van der Waals surface area contributed by atoms with E-state index in [1.54, 1.807) is 12.1 Å². The van der Waals surface area contributed by atoms with Crippen molar-refractivity contribution in [2.24, 2.45) is 5.92 Å². The summed E-state index contributed by atoms with van der Waals surface area (Å²) in [5.74, 6) is 0.109. The Bertz CT molecular complexity index is 704. The second-order valence-corrected chi connectivity index (χ2v) is 8.56. The van der Waals surface area contributed by atoms with E-state index in [2.05, 4.69) is 0 Å². The molecule has 26 heavy (non-hydrogen) atoms. The number of esters is 1. The van der Waals surface area contributed by atoms with Crippen molar-refractivity contribution in [3.63, 3.8) is 0 Å². The molecule has 2 heterocycles. The van der Waals surface area contributed by atoms with Crippen LogP contribution in [0.1, 0.15) is 25.7 Å². The topological polar surface area (TPSA) is 82.1 Å². The average Bonchev–Trinajstić information content (AvgIpc) is 3.20. The Labute approximate surface area is 154 Å². The molecule has 2 aliphatic heterocycles. The zero-order valence-electron chi connectivity index (χ0n) is 14.9. The van der Waals surface area contributed by atoms with E-state index in [9.17, 15) is 13.2 Å². The Morgan fingerprint density at radius 1 is 1.19 bits per heavy atom. The average molecular weight is 383 g/mol. The second-order valence-electron chi connectivity index (χ2n) is 6.62. The fourth-order valence-corrected chi connectivity index (χ4v) is 4.77. The molecule has 2 aliphatic rings. The summed E-state index contributed by atoms with van der Waals surface area (Å²) in [7, 11) is -2.02. The largest absolute Gasteiger partial charge is 0.497 e. The van der Waals surface area contributed by atoms with E-state index in [-0.39, 0.29) is 22.9 Å². The van der Waals surface area contributed by atoms with Crippen LogP contribution >= 0.6 is 0 Å². The summed E-state index contributed by atoms with van der Waals surface area (Å²) in [5.41, 5.74) is 0. The van der Waals surface area contributed by atoms with Gasteiger partial charge in [-0.1, -0.05) is 0 Å². The molecule has 0 spiro atoms. The van der Waals surface area contributed by atoms with Gasteiger partial charge in [-0.05, 0) is 49.9 Å². The SMILES string of the molecule is COc1ccc(S(=O)(=O)N2CCC(C(=O)OCC3CCCO3)CC2)cc1. The molecule has 0 radical (unpaired) electrons. The fourth-order valence-electron chi connectivity index (χ4n) is 3.30. The molecule has 7 nitrogen and oxygen atoms in total. The van der Waals surface area contributed by atoms with Crippen LogP contribution < -0.4 is 4.74 Å². The highest BCUT2D eigenvalue weighted by molar-refractivity contribution is 7.89. The molecular weight excluding hydrogens is 358 g/mol. The maximum Gasteiger partial charge on any atom is 0.309 e. The molecule has 0 saturated carbocycles. The number of methoxy groups -OCH3 is 1. The van der Waals surface area contributed by atoms with Gasteiger partial charge in [0.2, 0.25) is 10.0 Å². The summed E-state index contributed by atoms with van der Waals surface area (Å²) >= 11 is 0. The van der Waals surface area contributed by atoms with E-state index in [0.717, 1.165) is 19.4 Å². The van der Waals surface area contributed by atoms with Crippen LogP contribution in [0.4, 0.5) is 0 Å². The number of ether oxygens (including phenoxy) is 3. The molecule has 0 amide bonds. The summed E-state index contributed by atoms with van der Waals surface area (Å²) in [5, 5.41) is 0. The van der Waals surface area contributed by atoms with Gasteiger partial charge in [0.05, 0.1) is 24.0 Å². The Hall–Kier alpha value is -1.64. The molecular formula is C18H25NO6S. The highest BCUT2D eigenvalue weighted by Crippen LogP contribution is 2.26. The number of sulfonamides is 1. The molecule has 0 bridgehead atoms. The van der Waals surface area contributed by atoms with Crippen LogP contribution in [0.5, 0.6) is 5.75 Å². The number of rotatable bonds is 6. The molecule has 1 aromatic carbocycles. The zero-order chi connectivity index (χ0) is 18.6. The number of benzene rings is 1. The molecule has 0 aromatic heterocycles. The number of carbonyl (C=O) groups is 1. The summed E-state index contributed by atoms with van der Waals surface area (Å²) in [6.45, 7) is 1.65. The molecule has 0 aliphatic carbocycles. The standard InChI is InChI=1S/C18H25NO6S/c1-23-15-4-6-17(7-5-15)26(21,22)19-10-8-14(9-11-19)18(20)25-13-16-3-2-12-24-16/h4-7,14,16H,2-3,8-13H2,1H3. The molecule has 0 N–H and O–H groups in total. The molecule has 2 saturated heterocycles. The molecule has 3 rings (SSSR count). The van der Waals surface area contributed by atoms with Gasteiger partial charge >= 0.3 is 5.97 Å². The minimum atomic E-state index is -3.56. The quantitative estimate of drug-likeness (QED) is 0.697. The molecule has 2 fully saturated rings. The summed E-state index contributed by atoms with van der Waals surface area (Å²) in [4.78, 5) is 12.4. The predicted octanol–water partition coefficient (Wildman–Crippen LogP) is 1.82. The summed E-state index contributed by atoms with van der Waals surface area (Å²) in [6.07, 6.45) is 2.88. The maximum atomic E-state index is 12.7. The third kappa shape index (κ3) is 4.36. The van der Waals surface area contributed by atoms with Gasteiger partial charge < -0.3 is 14.2 Å². The maximum absolute atomic E-state index is 12.7. The highest BCUT2D eigenvalue weighted by atomic mass is 32.2. The van der Waals surface area contributed by atoms with Crippen molar-refractivity contribution >= 4 is 16.0 Å². The molecule has 1 atom stereocenters. The lowest BCUT2D eigenvalue weighted by Crippen LogP contribution is -2.40. The molecule has 144 valence electrons. The molecule has 1 aromatic rings. The van der Waals surface area contributed by atoms with Gasteiger partial charge in [-0.15, -0.1) is 0 Å². The van der Waals surface area contributed by atoms with Crippen LogP contribution in [0.15, 0.2) is 29.2 Å². The van der Waals surface area contributed by atoms with Gasteiger partial charge in [0.15, 0.2) is 0 Å². The lowest BCUT2D eigenvalue weighted by Gasteiger charge is -2.30. The van der Waals surface area contributed by atoms with Crippen LogP contribution in [0.25, 0.3) is 0 Å². The van der Waals surface area contributed by atoms with Gasteiger partial charge in [-0.3, -0.25) is 4.79 Å². The number of piperidine rings is 1. The number of hydrogen-bond acceptors (Lipinski definition) is 6. The van der Waals surface area contributed by atoms with Gasteiger partial charge in [0.1, 0.15) is 12.4 Å². The summed E-state index contributed by atoms with van der Waals surface area (Å²) < 4.78 is 42.7. The third-order valence-corrected chi connectivity index (χ3v) is 6.83.